The van der Waals surface area contributed by atoms with E-state index in [0.29, 0.717) is 13.1 Å². The van der Waals surface area contributed by atoms with Crippen molar-refractivity contribution in [1.29, 1.82) is 0 Å². The van der Waals surface area contributed by atoms with Crippen molar-refractivity contribution in [2.45, 2.75) is 19.9 Å². The molecule has 4 heteroatoms. The van der Waals surface area contributed by atoms with Gasteiger partial charge in [0.2, 0.25) is 5.91 Å². The topological polar surface area (TPSA) is 23.6 Å². The lowest BCUT2D eigenvalue weighted by molar-refractivity contribution is -0.131. The van der Waals surface area contributed by atoms with E-state index in [1.807, 2.05) is 56.1 Å². The fourth-order valence-electron chi connectivity index (χ4n) is 3.09. The monoisotopic (exact) mass is 354 g/mol. The minimum Gasteiger partial charge on any atom is -0.338 e. The average Bonchev–Trinajstić information content (AvgIpc) is 2.62. The van der Waals surface area contributed by atoms with Crippen molar-refractivity contribution in [2.75, 3.05) is 26.7 Å². The second-order valence-corrected chi connectivity index (χ2v) is 6.64. The van der Waals surface area contributed by atoms with Gasteiger partial charge in [-0.3, -0.25) is 9.69 Å². The number of likely N-dealkylation sites (N-methyl/N-ethyl adjacent to an activating group) is 2. The van der Waals surface area contributed by atoms with Crippen LogP contribution in [0.2, 0.25) is 0 Å². The number of carbonyl (C=O) groups is 1. The molecule has 0 saturated carbocycles. The van der Waals surface area contributed by atoms with Gasteiger partial charge in [0.1, 0.15) is 5.82 Å². The van der Waals surface area contributed by atoms with E-state index in [4.69, 9.17) is 0 Å². The van der Waals surface area contributed by atoms with Gasteiger partial charge in [-0.15, -0.1) is 0 Å². The number of hydrogen-bond donors (Lipinski definition) is 0. The molecule has 26 heavy (non-hydrogen) atoms. The predicted octanol–water partition coefficient (Wildman–Crippen LogP) is 4.27. The molecule has 0 bridgehead atoms. The van der Waals surface area contributed by atoms with Gasteiger partial charge in [-0.05, 0) is 44.2 Å². The molecule has 0 aliphatic heterocycles. The first kappa shape index (κ1) is 19.9. The highest BCUT2D eigenvalue weighted by molar-refractivity contribution is 5.78. The Morgan fingerprint density at radius 2 is 1.62 bits per heavy atom. The molecule has 2 rings (SSSR count). The van der Waals surface area contributed by atoms with Crippen molar-refractivity contribution in [2.24, 2.45) is 0 Å². The van der Waals surface area contributed by atoms with Crippen LogP contribution in [0.3, 0.4) is 0 Å². The number of nitrogens with zero attached hydrogens (tertiary/aromatic N) is 2. The second-order valence-electron chi connectivity index (χ2n) is 6.64. The van der Waals surface area contributed by atoms with Gasteiger partial charge < -0.3 is 4.90 Å². The van der Waals surface area contributed by atoms with Crippen molar-refractivity contribution >= 4 is 5.91 Å². The predicted molar refractivity (Wildman–Crippen MR) is 104 cm³/mol. The Labute approximate surface area is 155 Å². The molecular formula is C22H27FN2O. The lowest BCUT2D eigenvalue weighted by Crippen LogP contribution is -2.41. The highest BCUT2D eigenvalue weighted by Crippen LogP contribution is 2.27. The lowest BCUT2D eigenvalue weighted by Gasteiger charge is -2.31. The Morgan fingerprint density at radius 3 is 2.15 bits per heavy atom. The molecule has 3 nitrogen and oxygen atoms in total. The Bertz CT molecular complexity index is 728. The first-order chi connectivity index (χ1) is 12.4. The molecule has 2 aromatic carbocycles. The summed E-state index contributed by atoms with van der Waals surface area (Å²) in [6.45, 7) is 9.28. The van der Waals surface area contributed by atoms with Crippen LogP contribution >= 0.6 is 0 Å². The van der Waals surface area contributed by atoms with E-state index in [2.05, 4.69) is 6.58 Å². The first-order valence-electron chi connectivity index (χ1n) is 8.85. The number of carbonyl (C=O) groups excluding carboxylic acids is 1. The van der Waals surface area contributed by atoms with Crippen molar-refractivity contribution in [3.05, 3.63) is 83.7 Å². The van der Waals surface area contributed by atoms with Gasteiger partial charge in [0.25, 0.3) is 0 Å². The zero-order valence-electron chi connectivity index (χ0n) is 15.8. The van der Waals surface area contributed by atoms with Gasteiger partial charge >= 0.3 is 0 Å². The van der Waals surface area contributed by atoms with Crippen LogP contribution < -0.4 is 0 Å². The molecular weight excluding hydrogens is 327 g/mol. The molecule has 0 aliphatic carbocycles. The standard InChI is InChI=1S/C22H27FN2O/c1-5-25(15-17(2)3)21(26)16-24(4)22(18-9-7-6-8-10-18)19-11-13-20(23)14-12-19/h6-14,22H,2,5,15-16H2,1,3-4H3. The van der Waals surface area contributed by atoms with Gasteiger partial charge in [0.05, 0.1) is 12.6 Å². The number of rotatable bonds is 8. The molecule has 0 N–H and O–H groups in total. The molecule has 0 spiro atoms. The molecule has 0 radical (unpaired) electrons. The molecule has 0 heterocycles. The SMILES string of the molecule is C=C(C)CN(CC)C(=O)CN(C)C(c1ccccc1)c1ccc(F)cc1. The highest BCUT2D eigenvalue weighted by atomic mass is 19.1. The minimum atomic E-state index is -0.266. The van der Waals surface area contributed by atoms with E-state index in [-0.39, 0.29) is 24.3 Å². The summed E-state index contributed by atoms with van der Waals surface area (Å²) in [5, 5.41) is 0. The lowest BCUT2D eigenvalue weighted by atomic mass is 9.97. The highest BCUT2D eigenvalue weighted by Gasteiger charge is 2.23. The molecule has 0 saturated heterocycles. The van der Waals surface area contributed by atoms with Crippen LogP contribution in [0, 0.1) is 5.82 Å². The van der Waals surface area contributed by atoms with Gasteiger partial charge in [-0.1, -0.05) is 54.6 Å². The largest absolute Gasteiger partial charge is 0.338 e. The van der Waals surface area contributed by atoms with Gasteiger partial charge in [0, 0.05) is 13.1 Å². The van der Waals surface area contributed by atoms with Crippen molar-refractivity contribution in [3.8, 4) is 0 Å². The van der Waals surface area contributed by atoms with E-state index in [9.17, 15) is 9.18 Å². The van der Waals surface area contributed by atoms with Crippen molar-refractivity contribution in [1.82, 2.24) is 9.80 Å². The number of amides is 1. The van der Waals surface area contributed by atoms with E-state index in [1.165, 1.54) is 12.1 Å². The molecule has 1 atom stereocenters. The summed E-state index contributed by atoms with van der Waals surface area (Å²) in [5.41, 5.74) is 2.98. The minimum absolute atomic E-state index is 0.0565. The first-order valence-corrected chi connectivity index (χ1v) is 8.85. The number of hydrogen-bond acceptors (Lipinski definition) is 2. The third-order valence-electron chi connectivity index (χ3n) is 4.32. The van der Waals surface area contributed by atoms with Crippen molar-refractivity contribution < 1.29 is 9.18 Å². The molecule has 1 unspecified atom stereocenters. The second kappa shape index (κ2) is 9.30. The van der Waals surface area contributed by atoms with Crippen LogP contribution in [-0.4, -0.2) is 42.4 Å². The summed E-state index contributed by atoms with van der Waals surface area (Å²) in [6.07, 6.45) is 0. The Hall–Kier alpha value is -2.46. The number of halogens is 1. The average molecular weight is 354 g/mol. The Kier molecular flexibility index (Phi) is 7.10. The molecule has 1 amide bonds. The summed E-state index contributed by atoms with van der Waals surface area (Å²) >= 11 is 0. The van der Waals surface area contributed by atoms with E-state index in [1.54, 1.807) is 17.0 Å². The quantitative estimate of drug-likeness (QED) is 0.661. The van der Waals surface area contributed by atoms with E-state index < -0.39 is 0 Å². The molecule has 0 aliphatic rings. The van der Waals surface area contributed by atoms with Crippen LogP contribution in [0.25, 0.3) is 0 Å². The maximum atomic E-state index is 13.4. The zero-order valence-corrected chi connectivity index (χ0v) is 15.8. The summed E-state index contributed by atoms with van der Waals surface area (Å²) in [6, 6.07) is 16.3. The maximum Gasteiger partial charge on any atom is 0.237 e. The smallest absolute Gasteiger partial charge is 0.237 e. The fraction of sp³-hybridized carbons (Fsp3) is 0.318. The van der Waals surface area contributed by atoms with Crippen LogP contribution in [0.1, 0.15) is 31.0 Å². The Morgan fingerprint density at radius 1 is 1.04 bits per heavy atom. The zero-order chi connectivity index (χ0) is 19.1. The van der Waals surface area contributed by atoms with Crippen LogP contribution in [0.5, 0.6) is 0 Å². The third-order valence-corrected chi connectivity index (χ3v) is 4.32. The van der Waals surface area contributed by atoms with Crippen molar-refractivity contribution in [3.63, 3.8) is 0 Å². The molecule has 138 valence electrons. The van der Waals surface area contributed by atoms with Gasteiger partial charge in [-0.25, -0.2) is 4.39 Å². The maximum absolute atomic E-state index is 13.4. The Balaban J connectivity index is 2.26. The number of benzene rings is 2. The molecule has 0 aromatic heterocycles. The summed E-state index contributed by atoms with van der Waals surface area (Å²) in [5.74, 6) is -0.209. The summed E-state index contributed by atoms with van der Waals surface area (Å²) in [7, 11) is 1.92. The van der Waals surface area contributed by atoms with E-state index in [0.717, 1.165) is 16.7 Å². The summed E-state index contributed by atoms with van der Waals surface area (Å²) in [4.78, 5) is 16.5. The van der Waals surface area contributed by atoms with Crippen LogP contribution in [-0.2, 0) is 4.79 Å². The van der Waals surface area contributed by atoms with Crippen LogP contribution in [0.15, 0.2) is 66.7 Å². The molecule has 2 aromatic rings. The van der Waals surface area contributed by atoms with E-state index >= 15 is 0 Å². The van der Waals surface area contributed by atoms with Crippen LogP contribution in [0.4, 0.5) is 4.39 Å². The fourth-order valence-corrected chi connectivity index (χ4v) is 3.09. The third kappa shape index (κ3) is 5.27. The molecule has 0 fully saturated rings. The normalized spacial score (nSPS) is 12.0. The van der Waals surface area contributed by atoms with Gasteiger partial charge in [0.15, 0.2) is 0 Å². The summed E-state index contributed by atoms with van der Waals surface area (Å²) < 4.78 is 13.4. The van der Waals surface area contributed by atoms with Gasteiger partial charge in [-0.2, -0.15) is 0 Å².